The molecule has 1 aliphatic rings. The summed E-state index contributed by atoms with van der Waals surface area (Å²) in [5.41, 5.74) is 1.65. The third kappa shape index (κ3) is 5.07. The van der Waals surface area contributed by atoms with Gasteiger partial charge >= 0.3 is 0 Å². The molecule has 0 atom stereocenters. The summed E-state index contributed by atoms with van der Waals surface area (Å²) in [5, 5.41) is 11.1. The first-order valence-electron chi connectivity index (χ1n) is 9.28. The Labute approximate surface area is 178 Å². The SMILES string of the molecule is CCOc1ccc(/C=C2\SC(=O)N(CCNC(=O)c3ccc(C#N)cc3)C2=O)cc1. The van der Waals surface area contributed by atoms with Crippen LogP contribution in [0, 0.1) is 11.3 Å². The molecule has 3 amide bonds. The second-order valence-corrected chi connectivity index (χ2v) is 7.27. The van der Waals surface area contributed by atoms with Crippen molar-refractivity contribution in [2.24, 2.45) is 0 Å². The highest BCUT2D eigenvalue weighted by molar-refractivity contribution is 8.18. The number of rotatable bonds is 7. The van der Waals surface area contributed by atoms with Gasteiger partial charge in [0.05, 0.1) is 23.1 Å². The van der Waals surface area contributed by atoms with E-state index in [-0.39, 0.29) is 30.1 Å². The van der Waals surface area contributed by atoms with Crippen molar-refractivity contribution in [1.29, 1.82) is 5.26 Å². The summed E-state index contributed by atoms with van der Waals surface area (Å²) < 4.78 is 5.39. The second-order valence-electron chi connectivity index (χ2n) is 6.28. The highest BCUT2D eigenvalue weighted by atomic mass is 32.2. The zero-order valence-electron chi connectivity index (χ0n) is 16.3. The molecule has 0 saturated carbocycles. The summed E-state index contributed by atoms with van der Waals surface area (Å²) in [6, 6.07) is 15.4. The van der Waals surface area contributed by atoms with Gasteiger partial charge in [-0.05, 0) is 66.7 Å². The van der Waals surface area contributed by atoms with Crippen LogP contribution in [-0.4, -0.2) is 41.6 Å². The van der Waals surface area contributed by atoms with Crippen LogP contribution in [0.2, 0.25) is 0 Å². The Morgan fingerprint density at radius 2 is 1.87 bits per heavy atom. The van der Waals surface area contributed by atoms with Crippen LogP contribution in [0.4, 0.5) is 4.79 Å². The minimum absolute atomic E-state index is 0.0767. The molecule has 0 radical (unpaired) electrons. The molecule has 1 N–H and O–H groups in total. The van der Waals surface area contributed by atoms with E-state index in [1.807, 2.05) is 25.1 Å². The molecule has 152 valence electrons. The Morgan fingerprint density at radius 1 is 1.17 bits per heavy atom. The number of amides is 3. The van der Waals surface area contributed by atoms with Crippen LogP contribution in [0.1, 0.15) is 28.4 Å². The van der Waals surface area contributed by atoms with Crippen LogP contribution < -0.4 is 10.1 Å². The zero-order chi connectivity index (χ0) is 21.5. The Balaban J connectivity index is 1.56. The highest BCUT2D eigenvalue weighted by Gasteiger charge is 2.34. The number of nitrogens with zero attached hydrogens (tertiary/aromatic N) is 2. The number of thioether (sulfide) groups is 1. The Hall–Kier alpha value is -3.57. The van der Waals surface area contributed by atoms with Crippen LogP contribution >= 0.6 is 11.8 Å². The predicted molar refractivity (Wildman–Crippen MR) is 114 cm³/mol. The molecule has 1 saturated heterocycles. The minimum Gasteiger partial charge on any atom is -0.494 e. The van der Waals surface area contributed by atoms with Gasteiger partial charge in [-0.25, -0.2) is 0 Å². The molecule has 30 heavy (non-hydrogen) atoms. The van der Waals surface area contributed by atoms with Gasteiger partial charge in [0, 0.05) is 18.7 Å². The molecule has 3 rings (SSSR count). The summed E-state index contributed by atoms with van der Waals surface area (Å²) in [7, 11) is 0. The molecule has 7 nitrogen and oxygen atoms in total. The maximum Gasteiger partial charge on any atom is 0.293 e. The summed E-state index contributed by atoms with van der Waals surface area (Å²) in [6.45, 7) is 2.68. The number of carbonyl (C=O) groups is 3. The average molecular weight is 421 g/mol. The van der Waals surface area contributed by atoms with E-state index in [0.29, 0.717) is 22.6 Å². The summed E-state index contributed by atoms with van der Waals surface area (Å²) in [5.74, 6) is 0.0173. The molecule has 1 fully saturated rings. The topological polar surface area (TPSA) is 99.5 Å². The molecule has 0 spiro atoms. The van der Waals surface area contributed by atoms with Crippen LogP contribution in [0.25, 0.3) is 6.08 Å². The van der Waals surface area contributed by atoms with Crippen LogP contribution in [0.3, 0.4) is 0 Å². The minimum atomic E-state index is -0.383. The van der Waals surface area contributed by atoms with Gasteiger partial charge in [0.15, 0.2) is 0 Å². The van der Waals surface area contributed by atoms with Crippen LogP contribution in [-0.2, 0) is 4.79 Å². The second kappa shape index (κ2) is 9.76. The van der Waals surface area contributed by atoms with Gasteiger partial charge in [0.25, 0.3) is 17.1 Å². The van der Waals surface area contributed by atoms with E-state index >= 15 is 0 Å². The fraction of sp³-hybridized carbons (Fsp3) is 0.182. The van der Waals surface area contributed by atoms with Gasteiger partial charge in [-0.1, -0.05) is 12.1 Å². The lowest BCUT2D eigenvalue weighted by molar-refractivity contribution is -0.122. The van der Waals surface area contributed by atoms with Gasteiger partial charge in [-0.2, -0.15) is 5.26 Å². The smallest absolute Gasteiger partial charge is 0.293 e. The number of nitrogens with one attached hydrogen (secondary N) is 1. The van der Waals surface area contributed by atoms with Crippen molar-refractivity contribution < 1.29 is 19.1 Å². The number of carbonyl (C=O) groups excluding carboxylic acids is 3. The quantitative estimate of drug-likeness (QED) is 0.688. The van der Waals surface area contributed by atoms with E-state index in [0.717, 1.165) is 28.0 Å². The molecule has 0 aromatic heterocycles. The molecule has 2 aromatic carbocycles. The summed E-state index contributed by atoms with van der Waals surface area (Å²) in [4.78, 5) is 38.4. The molecule has 0 bridgehead atoms. The molecule has 8 heteroatoms. The van der Waals surface area contributed by atoms with Crippen LogP contribution in [0.15, 0.2) is 53.4 Å². The van der Waals surface area contributed by atoms with Crippen molar-refractivity contribution in [1.82, 2.24) is 10.2 Å². The molecule has 1 heterocycles. The first-order valence-corrected chi connectivity index (χ1v) is 10.1. The van der Waals surface area contributed by atoms with Crippen molar-refractivity contribution >= 4 is 34.9 Å². The average Bonchev–Trinajstić information content (AvgIpc) is 3.02. The molecule has 2 aromatic rings. The van der Waals surface area contributed by atoms with Crippen molar-refractivity contribution in [2.75, 3.05) is 19.7 Å². The molecular formula is C22H19N3O4S. The standard InChI is InChI=1S/C22H19N3O4S/c1-2-29-18-9-5-15(6-10-18)13-19-21(27)25(22(28)30-19)12-11-24-20(26)17-7-3-16(14-23)4-8-17/h3-10,13H,2,11-12H2,1H3,(H,24,26)/b19-13-. The third-order valence-electron chi connectivity index (χ3n) is 4.26. The lowest BCUT2D eigenvalue weighted by Crippen LogP contribution is -2.37. The third-order valence-corrected chi connectivity index (χ3v) is 5.17. The number of hydrogen-bond acceptors (Lipinski definition) is 6. The number of imide groups is 1. The lowest BCUT2D eigenvalue weighted by atomic mass is 10.1. The van der Waals surface area contributed by atoms with E-state index in [9.17, 15) is 14.4 Å². The van der Waals surface area contributed by atoms with E-state index in [1.165, 1.54) is 0 Å². The lowest BCUT2D eigenvalue weighted by Gasteiger charge is -2.13. The Bertz CT molecular complexity index is 1020. The van der Waals surface area contributed by atoms with Crippen molar-refractivity contribution in [2.45, 2.75) is 6.92 Å². The highest BCUT2D eigenvalue weighted by Crippen LogP contribution is 2.32. The monoisotopic (exact) mass is 421 g/mol. The molecular weight excluding hydrogens is 402 g/mol. The zero-order valence-corrected chi connectivity index (χ0v) is 17.1. The number of ether oxygens (including phenoxy) is 1. The summed E-state index contributed by atoms with van der Waals surface area (Å²) in [6.07, 6.45) is 1.66. The first kappa shape index (κ1) is 21.1. The number of benzene rings is 2. The first-order chi connectivity index (χ1) is 14.5. The fourth-order valence-electron chi connectivity index (χ4n) is 2.75. The summed E-state index contributed by atoms with van der Waals surface area (Å²) >= 11 is 0.874. The maximum atomic E-state index is 12.6. The fourth-order valence-corrected chi connectivity index (χ4v) is 3.62. The maximum absolute atomic E-state index is 12.6. The molecule has 0 aliphatic carbocycles. The van der Waals surface area contributed by atoms with Gasteiger partial charge in [0.1, 0.15) is 5.75 Å². The van der Waals surface area contributed by atoms with Crippen molar-refractivity contribution in [3.63, 3.8) is 0 Å². The van der Waals surface area contributed by atoms with Gasteiger partial charge in [-0.15, -0.1) is 0 Å². The van der Waals surface area contributed by atoms with Gasteiger partial charge < -0.3 is 10.1 Å². The number of nitriles is 1. The number of hydrogen-bond donors (Lipinski definition) is 1. The van der Waals surface area contributed by atoms with Gasteiger partial charge in [0.2, 0.25) is 0 Å². The van der Waals surface area contributed by atoms with E-state index in [2.05, 4.69) is 5.32 Å². The molecule has 0 unspecified atom stereocenters. The van der Waals surface area contributed by atoms with Crippen molar-refractivity contribution in [3.8, 4) is 11.8 Å². The Kier molecular flexibility index (Phi) is 6.88. The largest absolute Gasteiger partial charge is 0.494 e. The predicted octanol–water partition coefficient (Wildman–Crippen LogP) is 3.42. The van der Waals surface area contributed by atoms with Crippen molar-refractivity contribution in [3.05, 3.63) is 70.1 Å². The van der Waals surface area contributed by atoms with E-state index < -0.39 is 0 Å². The van der Waals surface area contributed by atoms with E-state index in [4.69, 9.17) is 10.00 Å². The normalized spacial score (nSPS) is 14.7. The Morgan fingerprint density at radius 3 is 2.50 bits per heavy atom. The van der Waals surface area contributed by atoms with Crippen LogP contribution in [0.5, 0.6) is 5.75 Å². The van der Waals surface area contributed by atoms with E-state index in [1.54, 1.807) is 42.5 Å². The molecule has 1 aliphatic heterocycles. The van der Waals surface area contributed by atoms with Gasteiger partial charge in [-0.3, -0.25) is 19.3 Å².